The molecule has 0 bridgehead atoms. The van der Waals surface area contributed by atoms with Gasteiger partial charge in [-0.2, -0.15) is 0 Å². The van der Waals surface area contributed by atoms with E-state index in [-0.39, 0.29) is 23.8 Å². The molecule has 8 heteroatoms. The molecule has 0 saturated carbocycles. The van der Waals surface area contributed by atoms with E-state index in [2.05, 4.69) is 4.98 Å². The van der Waals surface area contributed by atoms with Gasteiger partial charge >= 0.3 is 0 Å². The molecule has 170 valence electrons. The van der Waals surface area contributed by atoms with Gasteiger partial charge in [0.15, 0.2) is 0 Å². The van der Waals surface area contributed by atoms with Crippen molar-refractivity contribution in [2.45, 2.75) is 18.9 Å². The molecule has 2 amide bonds. The van der Waals surface area contributed by atoms with E-state index in [9.17, 15) is 9.59 Å². The van der Waals surface area contributed by atoms with E-state index in [1.54, 1.807) is 53.2 Å². The number of halogens is 2. The first kappa shape index (κ1) is 23.1. The number of nitrogens with two attached hydrogens (primary N) is 1. The first-order valence-electron chi connectivity index (χ1n) is 10.5. The van der Waals surface area contributed by atoms with Gasteiger partial charge in [0, 0.05) is 43.0 Å². The molecule has 0 unspecified atom stereocenters. The highest BCUT2D eigenvalue weighted by atomic mass is 35.5. The van der Waals surface area contributed by atoms with Gasteiger partial charge in [-0.05, 0) is 61.0 Å². The van der Waals surface area contributed by atoms with Gasteiger partial charge in [-0.3, -0.25) is 9.59 Å². The zero-order chi connectivity index (χ0) is 23.7. The summed E-state index contributed by atoms with van der Waals surface area (Å²) in [7, 11) is 1.75. The molecular weight excluding hydrogens is 459 g/mol. The van der Waals surface area contributed by atoms with Crippen molar-refractivity contribution in [2.75, 3.05) is 25.9 Å². The van der Waals surface area contributed by atoms with Crippen LogP contribution in [-0.4, -0.2) is 52.8 Å². The number of nitrogens with zero attached hydrogens (tertiary/aromatic N) is 3. The summed E-state index contributed by atoms with van der Waals surface area (Å²) in [5, 5.41) is 0.892. The van der Waals surface area contributed by atoms with E-state index in [1.165, 1.54) is 0 Å². The van der Waals surface area contributed by atoms with E-state index in [1.807, 2.05) is 31.2 Å². The molecular formula is C25H24Cl2N4O2. The molecule has 1 aliphatic heterocycles. The van der Waals surface area contributed by atoms with Gasteiger partial charge < -0.3 is 15.5 Å². The van der Waals surface area contributed by atoms with Crippen molar-refractivity contribution in [1.29, 1.82) is 0 Å². The Hall–Kier alpha value is -3.09. The second-order valence-electron chi connectivity index (χ2n) is 8.26. The number of hydrogen-bond donors (Lipinski definition) is 1. The first-order valence-corrected chi connectivity index (χ1v) is 11.3. The van der Waals surface area contributed by atoms with Crippen molar-refractivity contribution in [1.82, 2.24) is 14.8 Å². The van der Waals surface area contributed by atoms with E-state index >= 15 is 0 Å². The van der Waals surface area contributed by atoms with Crippen LogP contribution in [0, 0.1) is 6.92 Å². The fourth-order valence-electron chi connectivity index (χ4n) is 4.22. The van der Waals surface area contributed by atoms with Gasteiger partial charge in [0.2, 0.25) is 0 Å². The SMILES string of the molecule is Cc1cccc(C(=O)N(C)[C@@H]2CN(C(=O)c3ccc(N)cc3)C[C@H]2c2ccc(Cl)c(Cl)c2)n1. The molecule has 0 aliphatic carbocycles. The lowest BCUT2D eigenvalue weighted by molar-refractivity contribution is 0.0691. The third kappa shape index (κ3) is 4.82. The molecule has 4 rings (SSSR count). The number of hydrogen-bond acceptors (Lipinski definition) is 4. The number of anilines is 1. The van der Waals surface area contributed by atoms with Crippen LogP contribution in [0.25, 0.3) is 0 Å². The second-order valence-corrected chi connectivity index (χ2v) is 9.07. The van der Waals surface area contributed by atoms with Crippen molar-refractivity contribution < 1.29 is 9.59 Å². The number of carbonyl (C=O) groups excluding carboxylic acids is 2. The number of nitrogen functional groups attached to an aromatic ring is 1. The Kier molecular flexibility index (Phi) is 6.58. The Morgan fingerprint density at radius 1 is 1.03 bits per heavy atom. The summed E-state index contributed by atoms with van der Waals surface area (Å²) < 4.78 is 0. The molecule has 1 fully saturated rings. The number of rotatable bonds is 4. The lowest BCUT2D eigenvalue weighted by atomic mass is 9.93. The Labute approximate surface area is 202 Å². The van der Waals surface area contributed by atoms with Gasteiger partial charge in [-0.25, -0.2) is 4.98 Å². The minimum atomic E-state index is -0.269. The fourth-order valence-corrected chi connectivity index (χ4v) is 4.52. The Balaban J connectivity index is 1.66. The van der Waals surface area contributed by atoms with Crippen LogP contribution in [0.5, 0.6) is 0 Å². The topological polar surface area (TPSA) is 79.5 Å². The lowest BCUT2D eigenvalue weighted by Gasteiger charge is -2.29. The number of aryl methyl sites for hydroxylation is 1. The molecule has 0 spiro atoms. The molecule has 2 atom stereocenters. The van der Waals surface area contributed by atoms with Gasteiger partial charge in [-0.1, -0.05) is 35.3 Å². The minimum Gasteiger partial charge on any atom is -0.399 e. The van der Waals surface area contributed by atoms with Crippen LogP contribution in [0.3, 0.4) is 0 Å². The summed E-state index contributed by atoms with van der Waals surface area (Å²) in [6.07, 6.45) is 0. The third-order valence-corrected chi connectivity index (χ3v) is 6.77. The maximum absolute atomic E-state index is 13.3. The molecule has 6 nitrogen and oxygen atoms in total. The van der Waals surface area contributed by atoms with E-state index in [0.29, 0.717) is 40.1 Å². The van der Waals surface area contributed by atoms with Gasteiger partial charge in [0.25, 0.3) is 11.8 Å². The van der Waals surface area contributed by atoms with Crippen LogP contribution in [0.2, 0.25) is 10.0 Å². The summed E-state index contributed by atoms with van der Waals surface area (Å²) >= 11 is 12.4. The lowest BCUT2D eigenvalue weighted by Crippen LogP contribution is -2.42. The maximum Gasteiger partial charge on any atom is 0.272 e. The number of likely N-dealkylation sites (N-methyl/N-ethyl adjacent to an activating group) is 1. The summed E-state index contributed by atoms with van der Waals surface area (Å²) in [5.41, 5.74) is 8.96. The molecule has 3 aromatic rings. The maximum atomic E-state index is 13.3. The summed E-state index contributed by atoms with van der Waals surface area (Å²) in [5.74, 6) is -0.455. The molecule has 0 radical (unpaired) electrons. The Bertz CT molecular complexity index is 1200. The number of aromatic nitrogens is 1. The number of benzene rings is 2. The van der Waals surface area contributed by atoms with Crippen LogP contribution in [0.4, 0.5) is 5.69 Å². The smallest absolute Gasteiger partial charge is 0.272 e. The molecule has 1 aromatic heterocycles. The fraction of sp³-hybridized carbons (Fsp3) is 0.240. The molecule has 1 saturated heterocycles. The van der Waals surface area contributed by atoms with Crippen molar-refractivity contribution in [3.05, 3.63) is 93.2 Å². The van der Waals surface area contributed by atoms with Crippen molar-refractivity contribution in [2.24, 2.45) is 0 Å². The van der Waals surface area contributed by atoms with Gasteiger partial charge in [0.1, 0.15) is 5.69 Å². The molecule has 2 heterocycles. The number of carbonyl (C=O) groups is 2. The van der Waals surface area contributed by atoms with Crippen LogP contribution in [-0.2, 0) is 0 Å². The predicted octanol–water partition coefficient (Wildman–Crippen LogP) is 4.66. The molecule has 2 N–H and O–H groups in total. The highest BCUT2D eigenvalue weighted by molar-refractivity contribution is 6.42. The number of amides is 2. The van der Waals surface area contributed by atoms with Crippen LogP contribution in [0.1, 0.15) is 38.0 Å². The zero-order valence-corrected chi connectivity index (χ0v) is 19.8. The van der Waals surface area contributed by atoms with Crippen LogP contribution in [0.15, 0.2) is 60.7 Å². The third-order valence-electron chi connectivity index (χ3n) is 6.03. The minimum absolute atomic E-state index is 0.114. The zero-order valence-electron chi connectivity index (χ0n) is 18.3. The van der Waals surface area contributed by atoms with E-state index in [4.69, 9.17) is 28.9 Å². The summed E-state index contributed by atoms with van der Waals surface area (Å²) in [6, 6.07) is 17.4. The normalized spacial score (nSPS) is 17.8. The molecule has 1 aliphatic rings. The summed E-state index contributed by atoms with van der Waals surface area (Å²) in [4.78, 5) is 34.3. The Morgan fingerprint density at radius 2 is 1.76 bits per heavy atom. The largest absolute Gasteiger partial charge is 0.399 e. The average Bonchev–Trinajstić information content (AvgIpc) is 3.25. The van der Waals surface area contributed by atoms with Crippen LogP contribution >= 0.6 is 23.2 Å². The van der Waals surface area contributed by atoms with Gasteiger partial charge in [0.05, 0.1) is 16.1 Å². The standard InChI is InChI=1S/C25H24Cl2N4O2/c1-15-4-3-5-22(29-15)25(33)30(2)23-14-31(24(32)16-6-9-18(28)10-7-16)13-19(23)17-8-11-20(26)21(27)12-17/h3-12,19,23H,13-14,28H2,1-2H3/t19-,23+/m0/s1. The molecule has 33 heavy (non-hydrogen) atoms. The second kappa shape index (κ2) is 9.41. The van der Waals surface area contributed by atoms with Crippen LogP contribution < -0.4 is 5.73 Å². The summed E-state index contributed by atoms with van der Waals surface area (Å²) in [6.45, 7) is 2.66. The van der Waals surface area contributed by atoms with E-state index in [0.717, 1.165) is 11.3 Å². The Morgan fingerprint density at radius 3 is 2.42 bits per heavy atom. The number of pyridine rings is 1. The molecule has 2 aromatic carbocycles. The average molecular weight is 483 g/mol. The highest BCUT2D eigenvalue weighted by Crippen LogP contribution is 2.35. The quantitative estimate of drug-likeness (QED) is 0.548. The number of likely N-dealkylation sites (tertiary alicyclic amines) is 1. The first-order chi connectivity index (χ1) is 15.7. The monoisotopic (exact) mass is 482 g/mol. The van der Waals surface area contributed by atoms with Gasteiger partial charge in [-0.15, -0.1) is 0 Å². The van der Waals surface area contributed by atoms with Crippen molar-refractivity contribution in [3.63, 3.8) is 0 Å². The van der Waals surface area contributed by atoms with E-state index < -0.39 is 0 Å². The highest BCUT2D eigenvalue weighted by Gasteiger charge is 2.40. The van der Waals surface area contributed by atoms with Crippen molar-refractivity contribution >= 4 is 40.7 Å². The van der Waals surface area contributed by atoms with Crippen molar-refractivity contribution in [3.8, 4) is 0 Å². The predicted molar refractivity (Wildman–Crippen MR) is 131 cm³/mol.